The summed E-state index contributed by atoms with van der Waals surface area (Å²) in [4.78, 5) is 33.3. The number of thiazole rings is 1. The molecule has 30 heavy (non-hydrogen) atoms. The molecule has 2 aromatic rings. The Hall–Kier alpha value is -2.05. The number of carbonyl (C=O) groups is 2. The molecule has 2 N–H and O–H groups in total. The number of hydrogen-bond acceptors (Lipinski definition) is 5. The minimum Gasteiger partial charge on any atom is -0.331 e. The van der Waals surface area contributed by atoms with E-state index in [2.05, 4.69) is 29.2 Å². The van der Waals surface area contributed by atoms with E-state index < -0.39 is 6.04 Å². The van der Waals surface area contributed by atoms with Crippen LogP contribution in [0.4, 0.5) is 0 Å². The first kappa shape index (κ1) is 22.6. The number of nitrogens with zero attached hydrogens (tertiary/aromatic N) is 2. The smallest absolute Gasteiger partial charge is 0.240 e. The largest absolute Gasteiger partial charge is 0.331 e. The molecular formula is C24H33N3O2S. The third-order valence-corrected chi connectivity index (χ3v) is 7.03. The predicted molar refractivity (Wildman–Crippen MR) is 122 cm³/mol. The summed E-state index contributed by atoms with van der Waals surface area (Å²) in [7, 11) is 0. The van der Waals surface area contributed by atoms with Crippen molar-refractivity contribution in [1.29, 1.82) is 0 Å². The quantitative estimate of drug-likeness (QED) is 0.748. The summed E-state index contributed by atoms with van der Waals surface area (Å²) in [5.41, 5.74) is 11.1. The summed E-state index contributed by atoms with van der Waals surface area (Å²) in [6.45, 7) is 10.5. The molecule has 1 aromatic heterocycles. The Balaban J connectivity index is 1.66. The molecule has 3 rings (SSSR count). The molecule has 1 aliphatic heterocycles. The standard InChI is InChI=1S/C24H33N3O2S/c1-15(13-17-8-10-18(11-9-17)21-16(2)26-14-30-21)20(28)19-7-6-12-27(19)23(29)22(25)24(3,4)5/h8-11,14-15,19,22H,6-7,12-13,25H2,1-5H3. The zero-order valence-corrected chi connectivity index (χ0v) is 19.5. The van der Waals surface area contributed by atoms with Gasteiger partial charge in [0.25, 0.3) is 0 Å². The van der Waals surface area contributed by atoms with Gasteiger partial charge < -0.3 is 10.6 Å². The van der Waals surface area contributed by atoms with Crippen molar-refractivity contribution in [3.05, 3.63) is 41.0 Å². The van der Waals surface area contributed by atoms with Gasteiger partial charge in [0.05, 0.1) is 28.2 Å². The van der Waals surface area contributed by atoms with Crippen LogP contribution in [0.5, 0.6) is 0 Å². The summed E-state index contributed by atoms with van der Waals surface area (Å²) in [5.74, 6) is -0.107. The molecule has 0 saturated carbocycles. The molecular weight excluding hydrogens is 394 g/mol. The first-order chi connectivity index (χ1) is 14.1. The number of carbonyl (C=O) groups excluding carboxylic acids is 2. The van der Waals surface area contributed by atoms with Crippen molar-refractivity contribution in [1.82, 2.24) is 9.88 Å². The second-order valence-electron chi connectivity index (χ2n) is 9.50. The van der Waals surface area contributed by atoms with Crippen molar-refractivity contribution < 1.29 is 9.59 Å². The molecule has 1 amide bonds. The fraction of sp³-hybridized carbons (Fsp3) is 0.542. The molecule has 5 nitrogen and oxygen atoms in total. The predicted octanol–water partition coefficient (Wildman–Crippen LogP) is 4.23. The number of nitrogens with two attached hydrogens (primary N) is 1. The molecule has 1 saturated heterocycles. The van der Waals surface area contributed by atoms with Crippen LogP contribution in [-0.2, 0) is 16.0 Å². The second-order valence-corrected chi connectivity index (χ2v) is 10.4. The minimum absolute atomic E-state index is 0.102. The molecule has 162 valence electrons. The van der Waals surface area contributed by atoms with Crippen molar-refractivity contribution >= 4 is 23.0 Å². The Morgan fingerprint density at radius 2 is 1.93 bits per heavy atom. The molecule has 6 heteroatoms. The number of amides is 1. The average molecular weight is 428 g/mol. The zero-order chi connectivity index (χ0) is 22.1. The van der Waals surface area contributed by atoms with Crippen molar-refractivity contribution in [3.63, 3.8) is 0 Å². The van der Waals surface area contributed by atoms with E-state index in [9.17, 15) is 9.59 Å². The van der Waals surface area contributed by atoms with Gasteiger partial charge in [0.2, 0.25) is 5.91 Å². The van der Waals surface area contributed by atoms with Crippen molar-refractivity contribution in [2.75, 3.05) is 6.54 Å². The summed E-state index contributed by atoms with van der Waals surface area (Å²) >= 11 is 1.64. The number of benzene rings is 1. The molecule has 1 aromatic carbocycles. The Bertz CT molecular complexity index is 898. The van der Waals surface area contributed by atoms with Crippen LogP contribution in [-0.4, -0.2) is 40.2 Å². The Kier molecular flexibility index (Phi) is 6.78. The summed E-state index contributed by atoms with van der Waals surface area (Å²) in [6, 6.07) is 7.43. The first-order valence-electron chi connectivity index (χ1n) is 10.7. The van der Waals surface area contributed by atoms with Crippen LogP contribution >= 0.6 is 11.3 Å². The van der Waals surface area contributed by atoms with Gasteiger partial charge in [-0.1, -0.05) is 52.0 Å². The van der Waals surface area contributed by atoms with Crippen LogP contribution in [0.25, 0.3) is 10.4 Å². The van der Waals surface area contributed by atoms with E-state index in [-0.39, 0.29) is 29.1 Å². The maximum Gasteiger partial charge on any atom is 0.240 e. The number of rotatable bonds is 6. The third kappa shape index (κ3) is 4.81. The normalized spacial score (nSPS) is 19.0. The van der Waals surface area contributed by atoms with E-state index in [0.29, 0.717) is 13.0 Å². The number of aryl methyl sites for hydroxylation is 1. The Labute approximate surface area is 183 Å². The van der Waals surface area contributed by atoms with Crippen LogP contribution in [0.3, 0.4) is 0 Å². The summed E-state index contributed by atoms with van der Waals surface area (Å²) < 4.78 is 0. The maximum atomic E-state index is 13.2. The number of hydrogen-bond donors (Lipinski definition) is 1. The van der Waals surface area contributed by atoms with E-state index >= 15 is 0 Å². The summed E-state index contributed by atoms with van der Waals surface area (Å²) in [6.07, 6.45) is 2.26. The minimum atomic E-state index is -0.594. The number of likely N-dealkylation sites (tertiary alicyclic amines) is 1. The van der Waals surface area contributed by atoms with Gasteiger partial charge in [-0.25, -0.2) is 4.98 Å². The molecule has 3 unspecified atom stereocenters. The van der Waals surface area contributed by atoms with E-state index in [4.69, 9.17) is 5.73 Å². The van der Waals surface area contributed by atoms with E-state index in [1.807, 2.05) is 40.1 Å². The highest BCUT2D eigenvalue weighted by Gasteiger charge is 2.40. The monoisotopic (exact) mass is 427 g/mol. The van der Waals surface area contributed by atoms with Gasteiger partial charge >= 0.3 is 0 Å². The van der Waals surface area contributed by atoms with Gasteiger partial charge in [-0.15, -0.1) is 11.3 Å². The molecule has 3 atom stereocenters. The number of aromatic nitrogens is 1. The molecule has 1 fully saturated rings. The van der Waals surface area contributed by atoms with E-state index in [1.165, 1.54) is 4.88 Å². The van der Waals surface area contributed by atoms with Crippen LogP contribution in [0.2, 0.25) is 0 Å². The van der Waals surface area contributed by atoms with Crippen LogP contribution in [0.1, 0.15) is 51.8 Å². The lowest BCUT2D eigenvalue weighted by Crippen LogP contribution is -2.53. The van der Waals surface area contributed by atoms with Crippen LogP contribution < -0.4 is 5.73 Å². The molecule has 0 aliphatic carbocycles. The fourth-order valence-electron chi connectivity index (χ4n) is 4.03. The van der Waals surface area contributed by atoms with Gasteiger partial charge in [0, 0.05) is 12.5 Å². The highest BCUT2D eigenvalue weighted by atomic mass is 32.1. The number of ketones is 1. The Morgan fingerprint density at radius 1 is 1.27 bits per heavy atom. The molecule has 1 aliphatic rings. The molecule has 0 bridgehead atoms. The fourth-order valence-corrected chi connectivity index (χ4v) is 4.84. The highest BCUT2D eigenvalue weighted by molar-refractivity contribution is 7.13. The zero-order valence-electron chi connectivity index (χ0n) is 18.6. The van der Waals surface area contributed by atoms with Gasteiger partial charge in [-0.05, 0) is 42.7 Å². The third-order valence-electron chi connectivity index (χ3n) is 6.05. The van der Waals surface area contributed by atoms with Crippen molar-refractivity contribution in [2.45, 2.75) is 66.0 Å². The van der Waals surface area contributed by atoms with Crippen LogP contribution in [0, 0.1) is 18.3 Å². The Morgan fingerprint density at radius 3 is 2.50 bits per heavy atom. The lowest BCUT2D eigenvalue weighted by atomic mass is 9.86. The SMILES string of the molecule is Cc1ncsc1-c1ccc(CC(C)C(=O)C2CCCN2C(=O)C(N)C(C)(C)C)cc1. The van der Waals surface area contributed by atoms with Crippen LogP contribution in [0.15, 0.2) is 29.8 Å². The highest BCUT2D eigenvalue weighted by Crippen LogP contribution is 2.29. The molecule has 0 radical (unpaired) electrons. The second kappa shape index (κ2) is 8.98. The van der Waals surface area contributed by atoms with E-state index in [0.717, 1.165) is 29.7 Å². The van der Waals surface area contributed by atoms with Crippen molar-refractivity contribution in [3.8, 4) is 10.4 Å². The van der Waals surface area contributed by atoms with Gasteiger partial charge in [-0.3, -0.25) is 9.59 Å². The first-order valence-corrected chi connectivity index (χ1v) is 11.6. The average Bonchev–Trinajstić information content (AvgIpc) is 3.35. The van der Waals surface area contributed by atoms with Gasteiger partial charge in [0.1, 0.15) is 0 Å². The summed E-state index contributed by atoms with van der Waals surface area (Å²) in [5, 5.41) is 0. The molecule has 2 heterocycles. The lowest BCUT2D eigenvalue weighted by Gasteiger charge is -2.33. The van der Waals surface area contributed by atoms with Gasteiger partial charge in [-0.2, -0.15) is 0 Å². The lowest BCUT2D eigenvalue weighted by molar-refractivity contribution is -0.141. The topological polar surface area (TPSA) is 76.3 Å². The maximum absolute atomic E-state index is 13.2. The molecule has 0 spiro atoms. The van der Waals surface area contributed by atoms with E-state index in [1.54, 1.807) is 16.2 Å². The van der Waals surface area contributed by atoms with Crippen molar-refractivity contribution in [2.24, 2.45) is 17.1 Å². The van der Waals surface area contributed by atoms with Gasteiger partial charge in [0.15, 0.2) is 5.78 Å². The number of Topliss-reactive ketones (excluding diaryl/α,β-unsaturated/α-hetero) is 1.